The molecule has 0 spiro atoms. The lowest BCUT2D eigenvalue weighted by Gasteiger charge is -2.21. The minimum atomic E-state index is -0.0305. The van der Waals surface area contributed by atoms with E-state index in [9.17, 15) is 0 Å². The van der Waals surface area contributed by atoms with Crippen molar-refractivity contribution in [1.29, 1.82) is 0 Å². The zero-order valence-electron chi connectivity index (χ0n) is 69.5. The topological polar surface area (TPSA) is 90.2 Å². The summed E-state index contributed by atoms with van der Waals surface area (Å²) in [6.07, 6.45) is 0. The van der Waals surface area contributed by atoms with Crippen LogP contribution in [0.5, 0.6) is 0 Å². The zero-order chi connectivity index (χ0) is 83.2. The zero-order valence-corrected chi connectivity index (χ0v) is 69.5. The Morgan fingerprint density at radius 3 is 0.699 bits per heavy atom. The van der Waals surface area contributed by atoms with E-state index in [1.54, 1.807) is 0 Å². The molecule has 0 atom stereocenters. The Hall–Kier alpha value is -15.3. The minimum Gasteiger partial charge on any atom is -0.228 e. The van der Waals surface area contributed by atoms with Crippen LogP contribution in [0.25, 0.3) is 180 Å². The largest absolute Gasteiger partial charge is 0.228 e. The molecule has 0 unspecified atom stereocenters. The van der Waals surface area contributed by atoms with E-state index in [0.717, 1.165) is 95.6 Å². The van der Waals surface area contributed by atoms with Crippen LogP contribution in [0.1, 0.15) is 74.9 Å². The Morgan fingerprint density at radius 2 is 0.350 bits per heavy atom. The van der Waals surface area contributed by atoms with Crippen LogP contribution in [-0.4, -0.2) is 34.9 Å². The lowest BCUT2D eigenvalue weighted by atomic mass is 9.82. The molecule has 16 aromatic carbocycles. The van der Waals surface area contributed by atoms with Gasteiger partial charge in [-0.15, -0.1) is 0 Å². The fourth-order valence-electron chi connectivity index (χ4n) is 18.4. The van der Waals surface area contributed by atoms with Crippen molar-refractivity contribution >= 4 is 0 Å². The second-order valence-electron chi connectivity index (χ2n) is 33.4. The van der Waals surface area contributed by atoms with E-state index in [1.807, 2.05) is 109 Å². The summed E-state index contributed by atoms with van der Waals surface area (Å²) in [7, 11) is 0. The molecule has 19 aromatic rings. The summed E-state index contributed by atoms with van der Waals surface area (Å²) in [4.78, 5) is 34.8. The molecule has 0 fully saturated rings. The van der Waals surface area contributed by atoms with Crippen molar-refractivity contribution in [1.82, 2.24) is 34.9 Å². The second-order valence-corrected chi connectivity index (χ2v) is 33.4. The Kier molecular flexibility index (Phi) is 19.9. The Bertz CT molecular complexity index is 6980. The van der Waals surface area contributed by atoms with Gasteiger partial charge in [-0.3, -0.25) is 0 Å². The van der Waals surface area contributed by atoms with Gasteiger partial charge in [0.2, 0.25) is 0 Å². The standard InChI is InChI=1S/C42H31N3.2C37H28N2/c1-42(2)36-21-10-9-19-35(36)38-34(20-12-22-37(38)42)29-25-23-28(24-26-29)32-17-11-18-33(27-32)41-44-39(30-13-5-3-6-14-30)43-40(45-41)31-15-7-4-8-16-31;1-37(2)31-21-10-9-19-30(31)35-29(20-12-22-32(35)37)27-17-11-18-28(23-27)36-38-33(25-13-5-3-6-14-25)24-34(39-36)26-15-7-4-8-16-26;1-37(2)31-18-10-9-16-30(31)35-29(17-11-19-32(35)37)25-20-22-28(23-21-25)36-38-33(26-12-5-3-6-13-26)24-34(39-36)27-14-7-4-8-15-27/h3-27H,1-2H3;2*3-24H,1-2H3. The molecule has 7 heteroatoms. The number of nitrogens with zero attached hydrogens (tertiary/aromatic N) is 7. The first-order chi connectivity index (χ1) is 60.2. The molecule has 0 N–H and O–H groups in total. The quantitative estimate of drug-likeness (QED) is 0.114. The van der Waals surface area contributed by atoms with Gasteiger partial charge < -0.3 is 0 Å². The molecular formula is C116H87N7. The molecule has 3 aliphatic carbocycles. The summed E-state index contributed by atoms with van der Waals surface area (Å²) >= 11 is 0. The average molecular weight is 1580 g/mol. The summed E-state index contributed by atoms with van der Waals surface area (Å²) in [5, 5.41) is 0. The van der Waals surface area contributed by atoms with Crippen LogP contribution in [0.3, 0.4) is 0 Å². The van der Waals surface area contributed by atoms with Gasteiger partial charge in [-0.25, -0.2) is 34.9 Å². The van der Waals surface area contributed by atoms with E-state index in [4.69, 9.17) is 34.9 Å². The molecule has 586 valence electrons. The lowest BCUT2D eigenvalue weighted by Crippen LogP contribution is -2.14. The monoisotopic (exact) mass is 1580 g/mol. The average Bonchev–Trinajstić information content (AvgIpc) is 1.58. The van der Waals surface area contributed by atoms with E-state index < -0.39 is 0 Å². The Labute approximate surface area is 719 Å². The number of aromatic nitrogens is 7. The molecule has 0 radical (unpaired) electrons. The highest BCUT2D eigenvalue weighted by atomic mass is 15.0. The van der Waals surface area contributed by atoms with Gasteiger partial charge in [-0.05, 0) is 136 Å². The van der Waals surface area contributed by atoms with Crippen LogP contribution in [0.15, 0.2) is 419 Å². The van der Waals surface area contributed by atoms with Crippen molar-refractivity contribution in [3.63, 3.8) is 0 Å². The molecule has 3 heterocycles. The minimum absolute atomic E-state index is 0.0125. The van der Waals surface area contributed by atoms with Crippen molar-refractivity contribution in [3.05, 3.63) is 452 Å². The third-order valence-electron chi connectivity index (χ3n) is 24.8. The molecular weight excluding hydrogens is 1490 g/mol. The van der Waals surface area contributed by atoms with E-state index >= 15 is 0 Å². The number of benzene rings is 16. The predicted octanol–water partition coefficient (Wildman–Crippen LogP) is 29.4. The van der Waals surface area contributed by atoms with Crippen LogP contribution in [0, 0.1) is 0 Å². The van der Waals surface area contributed by atoms with Crippen molar-refractivity contribution in [2.24, 2.45) is 0 Å². The highest BCUT2D eigenvalue weighted by molar-refractivity contribution is 5.96. The first-order valence-electron chi connectivity index (χ1n) is 42.2. The van der Waals surface area contributed by atoms with E-state index in [2.05, 4.69) is 351 Å². The number of hydrogen-bond acceptors (Lipinski definition) is 7. The number of rotatable bonds is 13. The van der Waals surface area contributed by atoms with Gasteiger partial charge in [-0.1, -0.05) is 436 Å². The first-order valence-corrected chi connectivity index (χ1v) is 42.2. The van der Waals surface area contributed by atoms with Crippen LogP contribution in [0.4, 0.5) is 0 Å². The molecule has 0 amide bonds. The number of fused-ring (bicyclic) bond motifs is 9. The molecule has 7 nitrogen and oxygen atoms in total. The molecule has 3 aromatic heterocycles. The third-order valence-corrected chi connectivity index (χ3v) is 24.8. The van der Waals surface area contributed by atoms with E-state index in [1.165, 1.54) is 100 Å². The molecule has 123 heavy (non-hydrogen) atoms. The van der Waals surface area contributed by atoms with Gasteiger partial charge in [0.1, 0.15) is 0 Å². The maximum absolute atomic E-state index is 5.05. The van der Waals surface area contributed by atoms with Gasteiger partial charge in [-0.2, -0.15) is 0 Å². The molecule has 22 rings (SSSR count). The molecule has 0 saturated carbocycles. The Balaban J connectivity index is 0.000000118. The summed E-state index contributed by atoms with van der Waals surface area (Å²) in [6, 6.07) is 147. The summed E-state index contributed by atoms with van der Waals surface area (Å²) in [5.74, 6) is 3.43. The van der Waals surface area contributed by atoms with Crippen molar-refractivity contribution < 1.29 is 0 Å². The maximum Gasteiger partial charge on any atom is 0.164 e. The SMILES string of the molecule is CC1(C)c2ccccc2-c2c(-c3ccc(-c4cccc(-c5nc(-c6ccccc6)nc(-c6ccccc6)n5)c4)cc3)cccc21.CC1(C)c2ccccc2-c2c(-c3ccc(-c4nc(-c5ccccc5)cc(-c5ccccc5)n4)cc3)cccc21.CC1(C)c2ccccc2-c2c(-c3cccc(-c4nc(-c5ccccc5)cc(-c5ccccc5)n4)c3)cccc21. The van der Waals surface area contributed by atoms with Crippen molar-refractivity contribution in [2.45, 2.75) is 57.8 Å². The van der Waals surface area contributed by atoms with Gasteiger partial charge in [0, 0.05) is 66.3 Å². The van der Waals surface area contributed by atoms with Gasteiger partial charge in [0.05, 0.1) is 22.8 Å². The molecule has 3 aliphatic rings. The van der Waals surface area contributed by atoms with Crippen LogP contribution in [0.2, 0.25) is 0 Å². The molecule has 0 saturated heterocycles. The Morgan fingerprint density at radius 1 is 0.138 bits per heavy atom. The smallest absolute Gasteiger partial charge is 0.164 e. The van der Waals surface area contributed by atoms with E-state index in [-0.39, 0.29) is 16.2 Å². The normalized spacial score (nSPS) is 13.0. The summed E-state index contributed by atoms with van der Waals surface area (Å²) < 4.78 is 0. The molecule has 0 bridgehead atoms. The highest BCUT2D eigenvalue weighted by Crippen LogP contribution is 2.56. The van der Waals surface area contributed by atoms with E-state index in [0.29, 0.717) is 17.5 Å². The highest BCUT2D eigenvalue weighted by Gasteiger charge is 2.40. The summed E-state index contributed by atoms with van der Waals surface area (Å²) in [5.41, 5.74) is 38.8. The van der Waals surface area contributed by atoms with Crippen molar-refractivity contribution in [3.8, 4) is 180 Å². The van der Waals surface area contributed by atoms with Gasteiger partial charge in [0.25, 0.3) is 0 Å². The fraction of sp³-hybridized carbons (Fsp3) is 0.0776. The van der Waals surface area contributed by atoms with Crippen LogP contribution >= 0.6 is 0 Å². The fourth-order valence-corrected chi connectivity index (χ4v) is 18.4. The van der Waals surface area contributed by atoms with Crippen LogP contribution in [-0.2, 0) is 16.2 Å². The first kappa shape index (κ1) is 76.4. The lowest BCUT2D eigenvalue weighted by molar-refractivity contribution is 0.660. The van der Waals surface area contributed by atoms with Gasteiger partial charge >= 0.3 is 0 Å². The van der Waals surface area contributed by atoms with Crippen LogP contribution < -0.4 is 0 Å². The third kappa shape index (κ3) is 14.5. The second kappa shape index (κ2) is 32.1. The molecule has 0 aliphatic heterocycles. The van der Waals surface area contributed by atoms with Gasteiger partial charge in [0.15, 0.2) is 29.1 Å². The number of hydrogen-bond donors (Lipinski definition) is 0. The predicted molar refractivity (Wildman–Crippen MR) is 507 cm³/mol. The summed E-state index contributed by atoms with van der Waals surface area (Å²) in [6.45, 7) is 14.0. The maximum atomic E-state index is 5.05. The van der Waals surface area contributed by atoms with Crippen molar-refractivity contribution in [2.75, 3.05) is 0 Å².